The predicted octanol–water partition coefficient (Wildman–Crippen LogP) is 3.38. The van der Waals surface area contributed by atoms with Gasteiger partial charge in [-0.15, -0.1) is 11.3 Å². The lowest BCUT2D eigenvalue weighted by Gasteiger charge is -2.35. The maximum Gasteiger partial charge on any atom is 0.123 e. The van der Waals surface area contributed by atoms with Gasteiger partial charge in [-0.1, -0.05) is 36.8 Å². The van der Waals surface area contributed by atoms with Gasteiger partial charge >= 0.3 is 0 Å². The van der Waals surface area contributed by atoms with Gasteiger partial charge in [0.15, 0.2) is 0 Å². The highest BCUT2D eigenvalue weighted by atomic mass is 32.1. The minimum Gasteiger partial charge on any atom is -0.318 e. The Morgan fingerprint density at radius 2 is 2.14 bits per heavy atom. The number of thiazole rings is 1. The van der Waals surface area contributed by atoms with Crippen molar-refractivity contribution in [2.45, 2.75) is 31.8 Å². The molecule has 1 N–H and O–H groups in total. The average molecular weight is 301 g/mol. The number of piperidine rings is 1. The van der Waals surface area contributed by atoms with Crippen molar-refractivity contribution >= 4 is 11.3 Å². The van der Waals surface area contributed by atoms with E-state index in [1.807, 2.05) is 13.1 Å². The van der Waals surface area contributed by atoms with Crippen molar-refractivity contribution in [1.82, 2.24) is 15.2 Å². The molecule has 2 aromatic rings. The van der Waals surface area contributed by atoms with Crippen molar-refractivity contribution in [3.63, 3.8) is 0 Å². The molecule has 4 heteroatoms. The number of nitrogens with one attached hydrogen (secondary N) is 1. The Morgan fingerprint density at radius 3 is 2.95 bits per heavy atom. The van der Waals surface area contributed by atoms with Gasteiger partial charge in [0.2, 0.25) is 0 Å². The van der Waals surface area contributed by atoms with Gasteiger partial charge in [-0.3, -0.25) is 4.90 Å². The van der Waals surface area contributed by atoms with E-state index in [0.717, 1.165) is 18.1 Å². The van der Waals surface area contributed by atoms with Crippen LogP contribution < -0.4 is 5.32 Å². The third-order valence-electron chi connectivity index (χ3n) is 4.13. The van der Waals surface area contributed by atoms with Crippen molar-refractivity contribution in [1.29, 1.82) is 0 Å². The zero-order chi connectivity index (χ0) is 14.5. The van der Waals surface area contributed by atoms with Crippen molar-refractivity contribution < 1.29 is 0 Å². The summed E-state index contributed by atoms with van der Waals surface area (Å²) < 4.78 is 0. The molecule has 1 unspecified atom stereocenters. The highest BCUT2D eigenvalue weighted by Gasteiger charge is 2.22. The van der Waals surface area contributed by atoms with Crippen LogP contribution in [0.4, 0.5) is 0 Å². The van der Waals surface area contributed by atoms with Crippen molar-refractivity contribution in [2.75, 3.05) is 20.1 Å². The highest BCUT2D eigenvalue weighted by molar-refractivity contribution is 7.13. The number of likely N-dealkylation sites (N-methyl/N-ethyl adjacent to an activating group) is 1. The Balaban J connectivity index is 1.69. The Labute approximate surface area is 131 Å². The van der Waals surface area contributed by atoms with Crippen molar-refractivity contribution in [3.05, 3.63) is 41.4 Å². The van der Waals surface area contributed by atoms with E-state index < -0.39 is 0 Å². The van der Waals surface area contributed by atoms with Crippen LogP contribution in [0.15, 0.2) is 35.7 Å². The fourth-order valence-corrected chi connectivity index (χ4v) is 3.85. The molecule has 1 aromatic heterocycles. The van der Waals surface area contributed by atoms with E-state index in [2.05, 4.69) is 39.9 Å². The summed E-state index contributed by atoms with van der Waals surface area (Å²) in [6.45, 7) is 3.26. The lowest BCUT2D eigenvalue weighted by atomic mass is 10.0. The normalized spacial score (nSPS) is 19.8. The monoisotopic (exact) mass is 301 g/mol. The predicted molar refractivity (Wildman–Crippen MR) is 89.5 cm³/mol. The van der Waals surface area contributed by atoms with Crippen LogP contribution in [0.3, 0.4) is 0 Å². The number of rotatable bonds is 5. The molecule has 1 atom stereocenters. The fourth-order valence-electron chi connectivity index (χ4n) is 3.04. The number of hydrogen-bond acceptors (Lipinski definition) is 4. The minimum atomic E-state index is 0.658. The van der Waals surface area contributed by atoms with E-state index >= 15 is 0 Å². The van der Waals surface area contributed by atoms with E-state index in [0.29, 0.717) is 6.04 Å². The summed E-state index contributed by atoms with van der Waals surface area (Å²) in [4.78, 5) is 7.41. The number of aromatic nitrogens is 1. The second kappa shape index (κ2) is 7.16. The Kier molecular flexibility index (Phi) is 5.01. The number of benzene rings is 1. The third kappa shape index (κ3) is 3.70. The molecular weight excluding hydrogens is 278 g/mol. The molecule has 1 fully saturated rings. The van der Waals surface area contributed by atoms with Gasteiger partial charge in [-0.05, 0) is 26.4 Å². The summed E-state index contributed by atoms with van der Waals surface area (Å²) in [6.07, 6.45) is 3.97. The second-order valence-electron chi connectivity index (χ2n) is 5.69. The molecule has 0 amide bonds. The number of likely N-dealkylation sites (tertiary alicyclic amines) is 1. The van der Waals surface area contributed by atoms with Crippen LogP contribution in [-0.2, 0) is 6.54 Å². The lowest BCUT2D eigenvalue weighted by Crippen LogP contribution is -2.44. The van der Waals surface area contributed by atoms with Gasteiger partial charge < -0.3 is 5.32 Å². The number of hydrogen-bond donors (Lipinski definition) is 1. The number of nitrogens with zero attached hydrogens (tertiary/aromatic N) is 2. The Hall–Kier alpha value is -1.23. The summed E-state index contributed by atoms with van der Waals surface area (Å²) in [5.41, 5.74) is 2.43. The molecule has 2 heterocycles. The van der Waals surface area contributed by atoms with Gasteiger partial charge in [-0.2, -0.15) is 0 Å². The molecule has 0 saturated carbocycles. The molecule has 112 valence electrons. The molecule has 1 aliphatic heterocycles. The summed E-state index contributed by atoms with van der Waals surface area (Å²) in [7, 11) is 2.04. The Morgan fingerprint density at radius 1 is 1.29 bits per heavy atom. The van der Waals surface area contributed by atoms with Gasteiger partial charge in [-0.25, -0.2) is 4.98 Å². The van der Waals surface area contributed by atoms with Gasteiger partial charge in [0, 0.05) is 30.1 Å². The minimum absolute atomic E-state index is 0.658. The molecule has 21 heavy (non-hydrogen) atoms. The van der Waals surface area contributed by atoms with Crippen LogP contribution in [-0.4, -0.2) is 36.1 Å². The van der Waals surface area contributed by atoms with Crippen LogP contribution >= 0.6 is 11.3 Å². The molecule has 3 rings (SSSR count). The molecule has 0 bridgehead atoms. The molecule has 0 aliphatic carbocycles. The first-order valence-corrected chi connectivity index (χ1v) is 8.63. The third-order valence-corrected chi connectivity index (χ3v) is 5.07. The molecule has 1 saturated heterocycles. The van der Waals surface area contributed by atoms with Crippen LogP contribution in [0.25, 0.3) is 10.6 Å². The molecule has 0 spiro atoms. The fraction of sp³-hybridized carbons (Fsp3) is 0.471. The first-order chi connectivity index (χ1) is 10.4. The van der Waals surface area contributed by atoms with Gasteiger partial charge in [0.1, 0.15) is 5.01 Å². The summed E-state index contributed by atoms with van der Waals surface area (Å²) in [5, 5.41) is 6.67. The maximum atomic E-state index is 4.83. The first-order valence-electron chi connectivity index (χ1n) is 7.75. The van der Waals surface area contributed by atoms with E-state index in [4.69, 9.17) is 4.98 Å². The summed E-state index contributed by atoms with van der Waals surface area (Å²) in [5.74, 6) is 0. The lowest BCUT2D eigenvalue weighted by molar-refractivity contribution is 0.138. The summed E-state index contributed by atoms with van der Waals surface area (Å²) in [6, 6.07) is 11.1. The SMILES string of the molecule is CNCC1CCCCN1Cc1csc(-c2ccccc2)n1. The van der Waals surface area contributed by atoms with E-state index in [-0.39, 0.29) is 0 Å². The Bertz CT molecular complexity index is 550. The zero-order valence-electron chi connectivity index (χ0n) is 12.6. The largest absolute Gasteiger partial charge is 0.318 e. The molecule has 1 aromatic carbocycles. The van der Waals surface area contributed by atoms with E-state index in [9.17, 15) is 0 Å². The van der Waals surface area contributed by atoms with Crippen LogP contribution in [0.1, 0.15) is 25.0 Å². The van der Waals surface area contributed by atoms with Crippen LogP contribution in [0, 0.1) is 0 Å². The van der Waals surface area contributed by atoms with E-state index in [1.165, 1.54) is 37.1 Å². The quantitative estimate of drug-likeness (QED) is 0.917. The molecular formula is C17H23N3S. The smallest absolute Gasteiger partial charge is 0.123 e. The van der Waals surface area contributed by atoms with Crippen LogP contribution in [0.2, 0.25) is 0 Å². The highest BCUT2D eigenvalue weighted by Crippen LogP contribution is 2.25. The van der Waals surface area contributed by atoms with Crippen molar-refractivity contribution in [2.24, 2.45) is 0 Å². The maximum absolute atomic E-state index is 4.83. The topological polar surface area (TPSA) is 28.2 Å². The van der Waals surface area contributed by atoms with Gasteiger partial charge in [0.25, 0.3) is 0 Å². The standard InChI is InChI=1S/C17H23N3S/c1-18-11-16-9-5-6-10-20(16)12-15-13-21-17(19-15)14-7-3-2-4-8-14/h2-4,7-8,13,16,18H,5-6,9-12H2,1H3. The molecule has 1 aliphatic rings. The average Bonchev–Trinajstić information content (AvgIpc) is 2.99. The summed E-state index contributed by atoms with van der Waals surface area (Å²) >= 11 is 1.75. The van der Waals surface area contributed by atoms with Crippen molar-refractivity contribution in [3.8, 4) is 10.6 Å². The first kappa shape index (κ1) is 14.7. The van der Waals surface area contributed by atoms with Gasteiger partial charge in [0.05, 0.1) is 5.69 Å². The zero-order valence-corrected chi connectivity index (χ0v) is 13.4. The van der Waals surface area contributed by atoms with Crippen LogP contribution in [0.5, 0.6) is 0 Å². The molecule has 3 nitrogen and oxygen atoms in total. The second-order valence-corrected chi connectivity index (χ2v) is 6.55. The van der Waals surface area contributed by atoms with E-state index in [1.54, 1.807) is 11.3 Å². The molecule has 0 radical (unpaired) electrons.